The van der Waals surface area contributed by atoms with E-state index < -0.39 is 8.34 Å². The Morgan fingerprint density at radius 3 is 0.857 bits per heavy atom. The fourth-order valence-corrected chi connectivity index (χ4v) is 0. The molecule has 0 rings (SSSR count). The van der Waals surface area contributed by atoms with Gasteiger partial charge in [0.1, 0.15) is 0 Å². The first-order valence-electron chi connectivity index (χ1n) is 0.408. The van der Waals surface area contributed by atoms with Crippen LogP contribution in [0.25, 0.3) is 0 Å². The van der Waals surface area contributed by atoms with Gasteiger partial charge in [-0.1, -0.05) is 0 Å². The number of hydrogen-bond donors (Lipinski definition) is 0. The zero-order chi connectivity index (χ0) is 2.71. The normalized spacial score (nSPS) is 1.71. The smallest absolute Gasteiger partial charge is 1.00 e. The molecule has 1 radical (unpaired) electrons. The topological polar surface area (TPSA) is 34.1 Å². The number of rotatable bonds is 0. The zero-order valence-electron chi connectivity index (χ0n) is 2.86. The molecule has 0 unspecified atom stereocenters. The maximum atomic E-state index is 8.40. The van der Waals surface area contributed by atoms with Crippen LogP contribution < -0.4 is 37.2 Å². The van der Waals surface area contributed by atoms with Crippen LogP contribution in [0.3, 0.4) is 0 Å². The van der Waals surface area contributed by atoms with Crippen LogP contribution in [0.5, 0.6) is 0 Å². The Morgan fingerprint density at radius 2 is 0.857 bits per heavy atom. The van der Waals surface area contributed by atoms with Gasteiger partial charge in [-0.15, -0.1) is 0 Å². The van der Waals surface area contributed by atoms with E-state index in [0.717, 1.165) is 0 Å². The Morgan fingerprint density at radius 1 is 0.857 bits per heavy atom. The predicted molar refractivity (Wildman–Crippen MR) is 9.69 cm³/mol. The average Bonchev–Trinajstić information content (AvgIpc) is 0.918. The van der Waals surface area contributed by atoms with Crippen LogP contribution in [0.4, 0.5) is 0 Å². The minimum absolute atomic E-state index is 0. The van der Waals surface area contributed by atoms with E-state index in [9.17, 15) is 0 Å². The van der Waals surface area contributed by atoms with Crippen molar-refractivity contribution in [3.8, 4) is 0 Å². The van der Waals surface area contributed by atoms with Crippen molar-refractivity contribution in [1.29, 1.82) is 0 Å². The summed E-state index contributed by atoms with van der Waals surface area (Å²) in [6.45, 7) is 0. The molecule has 2 nitrogen and oxygen atoms in total. The van der Waals surface area contributed by atoms with Crippen LogP contribution in [-0.4, -0.2) is 0 Å². The fraction of sp³-hybridized carbons (Fsp3) is 0. The van der Waals surface area contributed by atoms with E-state index in [0.29, 0.717) is 0 Å². The molecule has 0 heterocycles. The monoisotopic (exact) mass is 267 g/mol. The summed E-state index contributed by atoms with van der Waals surface area (Å²) in [6, 6.07) is 0. The zero-order valence-corrected chi connectivity index (χ0v) is 8.13. The van der Waals surface area contributed by atoms with Crippen LogP contribution in [0.1, 0.15) is 0 Å². The average molecular weight is 266 g/mol. The van der Waals surface area contributed by atoms with Gasteiger partial charge in [0.2, 0.25) is 0 Å². The van der Waals surface area contributed by atoms with Crippen molar-refractivity contribution in [2.75, 3.05) is 0 Å². The van der Waals surface area contributed by atoms with Crippen LogP contribution in [0.2, 0.25) is 0 Å². The van der Waals surface area contributed by atoms with E-state index >= 15 is 0 Å². The molecule has 0 atom stereocenters. The van der Waals surface area contributed by atoms with Gasteiger partial charge in [-0.05, 0) is 0 Å². The third-order valence-electron chi connectivity index (χ3n) is 0. The molecule has 45 valence electrons. The van der Waals surface area contributed by atoms with E-state index in [1.54, 1.807) is 0 Å². The Hall–Kier alpha value is 1.46. The standard InChI is InChI=1S/3ClH.Mo.HO2P/c;;;;1-3-2/h3*1H;;3H/q;;;+3;/p-3. The summed E-state index contributed by atoms with van der Waals surface area (Å²) < 4.78 is 16.8. The summed E-state index contributed by atoms with van der Waals surface area (Å²) in [5, 5.41) is 0. The molecule has 0 saturated heterocycles. The Labute approximate surface area is 75.5 Å². The van der Waals surface area contributed by atoms with Crippen molar-refractivity contribution in [1.82, 2.24) is 0 Å². The first-order chi connectivity index (χ1) is 1.41. The molecular weight excluding hydrogens is 265 g/mol. The molecule has 0 aliphatic carbocycles. The van der Waals surface area contributed by atoms with Crippen LogP contribution in [0.15, 0.2) is 0 Å². The number of hydrogen-bond acceptors (Lipinski definition) is 2. The van der Waals surface area contributed by atoms with Crippen molar-refractivity contribution in [3.05, 3.63) is 0 Å². The van der Waals surface area contributed by atoms with Crippen molar-refractivity contribution >= 4 is 8.34 Å². The minimum Gasteiger partial charge on any atom is -1.00 e. The second-order valence-electron chi connectivity index (χ2n) is 0.0833. The summed E-state index contributed by atoms with van der Waals surface area (Å²) >= 11 is 0. The Kier molecular flexibility index (Phi) is 289. The van der Waals surface area contributed by atoms with Gasteiger partial charge in [0.25, 0.3) is 0 Å². The number of halogens is 3. The quantitative estimate of drug-likeness (QED) is 0.322. The van der Waals surface area contributed by atoms with Gasteiger partial charge in [0.05, 0.1) is 0 Å². The molecule has 0 aromatic heterocycles. The van der Waals surface area contributed by atoms with Gasteiger partial charge in [-0.3, -0.25) is 0 Å². The molecule has 0 aromatic carbocycles. The molecule has 0 aromatic rings. The molecule has 0 spiro atoms. The van der Waals surface area contributed by atoms with Crippen LogP contribution in [-0.2, 0) is 30.2 Å². The first-order valence-corrected chi connectivity index (χ1v) is 1.22. The van der Waals surface area contributed by atoms with Gasteiger partial charge in [-0.25, -0.2) is 9.13 Å². The van der Waals surface area contributed by atoms with Gasteiger partial charge < -0.3 is 37.2 Å². The molecule has 0 N–H and O–H groups in total. The fourth-order valence-electron chi connectivity index (χ4n) is 0. The maximum Gasteiger partial charge on any atom is 3.00 e. The summed E-state index contributed by atoms with van der Waals surface area (Å²) in [5.41, 5.74) is 0. The van der Waals surface area contributed by atoms with Gasteiger partial charge in [0.15, 0.2) is 0 Å². The van der Waals surface area contributed by atoms with E-state index in [4.69, 9.17) is 9.13 Å². The van der Waals surface area contributed by atoms with Crippen molar-refractivity contribution in [2.24, 2.45) is 0 Å². The Bertz CT molecular complexity index is 33.9. The van der Waals surface area contributed by atoms with E-state index in [1.807, 2.05) is 0 Å². The third kappa shape index (κ3) is 104. The molecule has 0 bridgehead atoms. The molecule has 0 fully saturated rings. The summed E-state index contributed by atoms with van der Waals surface area (Å²) in [5.74, 6) is 0. The second kappa shape index (κ2) is 51.5. The molecule has 0 aliphatic heterocycles. The summed E-state index contributed by atoms with van der Waals surface area (Å²) in [4.78, 5) is 0. The molecule has 0 amide bonds. The summed E-state index contributed by atoms with van der Waals surface area (Å²) in [7, 11) is -1.42. The van der Waals surface area contributed by atoms with E-state index in [2.05, 4.69) is 0 Å². The third-order valence-corrected chi connectivity index (χ3v) is 0. The predicted octanol–water partition coefficient (Wildman–Crippen LogP) is -8.63. The van der Waals surface area contributed by atoms with Crippen molar-refractivity contribution in [2.45, 2.75) is 0 Å². The van der Waals surface area contributed by atoms with Gasteiger partial charge in [0, 0.05) is 0 Å². The van der Waals surface area contributed by atoms with Crippen molar-refractivity contribution < 1.29 is 67.4 Å². The molecule has 7 heavy (non-hydrogen) atoms. The van der Waals surface area contributed by atoms with Crippen LogP contribution in [0, 0.1) is 0 Å². The van der Waals surface area contributed by atoms with Gasteiger partial charge in [-0.2, -0.15) is 0 Å². The molecule has 7 heteroatoms. The first kappa shape index (κ1) is 39.3. The van der Waals surface area contributed by atoms with Crippen LogP contribution >= 0.6 is 8.34 Å². The molecular formula is HCl3MoO2P. The van der Waals surface area contributed by atoms with Gasteiger partial charge >= 0.3 is 29.4 Å². The summed E-state index contributed by atoms with van der Waals surface area (Å²) in [6.07, 6.45) is 0. The molecule has 0 aliphatic rings. The van der Waals surface area contributed by atoms with E-state index in [1.165, 1.54) is 0 Å². The Balaban J connectivity index is -0.00000000333. The molecule has 0 saturated carbocycles. The second-order valence-corrected chi connectivity index (χ2v) is 0.250. The van der Waals surface area contributed by atoms with Crippen molar-refractivity contribution in [3.63, 3.8) is 0 Å². The minimum atomic E-state index is -1.42. The largest absolute Gasteiger partial charge is 3.00 e. The van der Waals surface area contributed by atoms with E-state index in [-0.39, 0.29) is 58.3 Å². The SMILES string of the molecule is O=[PH]=O.[Cl-].[Cl-].[Cl-].[Mo+3]. The maximum absolute atomic E-state index is 8.40.